The van der Waals surface area contributed by atoms with Crippen LogP contribution in [-0.2, 0) is 19.1 Å². The molecule has 0 aliphatic rings. The quantitative estimate of drug-likeness (QED) is 0.0837. The van der Waals surface area contributed by atoms with Crippen LogP contribution >= 0.6 is 0 Å². The first-order chi connectivity index (χ1) is 17.6. The molecule has 1 N–H and O–H groups in total. The molecule has 0 amide bonds. The number of hydrogen-bond acceptors (Lipinski definition) is 5. The first kappa shape index (κ1) is 34.9. The van der Waals surface area contributed by atoms with Crippen molar-refractivity contribution in [2.24, 2.45) is 0 Å². The van der Waals surface area contributed by atoms with Gasteiger partial charge in [-0.1, -0.05) is 142 Å². The van der Waals surface area contributed by atoms with Crippen LogP contribution in [-0.4, -0.2) is 36.4 Å². The van der Waals surface area contributed by atoms with E-state index in [4.69, 9.17) is 9.47 Å². The normalized spacial score (nSPS) is 12.0. The highest BCUT2D eigenvalue weighted by molar-refractivity contribution is 5.70. The van der Waals surface area contributed by atoms with Gasteiger partial charge >= 0.3 is 11.9 Å². The SMILES string of the molecule is CCCCCCCCCCCCCCCCCCCCCCC(=O)OC(CO)COC(=O)CCCC. The number of esters is 2. The molecule has 0 rings (SSSR count). The van der Waals surface area contributed by atoms with Crippen LogP contribution in [0.5, 0.6) is 0 Å². The number of carbonyl (C=O) groups excluding carboxylic acids is 2. The van der Waals surface area contributed by atoms with Gasteiger partial charge in [0, 0.05) is 12.8 Å². The summed E-state index contributed by atoms with van der Waals surface area (Å²) >= 11 is 0. The Kier molecular flexibility index (Phi) is 27.6. The Morgan fingerprint density at radius 2 is 0.889 bits per heavy atom. The zero-order chi connectivity index (χ0) is 26.5. The molecule has 0 bridgehead atoms. The summed E-state index contributed by atoms with van der Waals surface area (Å²) in [6.07, 6.45) is 28.3. The molecule has 0 aromatic carbocycles. The zero-order valence-corrected chi connectivity index (χ0v) is 24.0. The molecule has 0 aromatic heterocycles. The summed E-state index contributed by atoms with van der Waals surface area (Å²) in [6.45, 7) is 3.89. The number of hydrogen-bond donors (Lipinski definition) is 1. The van der Waals surface area contributed by atoms with Crippen LogP contribution in [0, 0.1) is 0 Å². The zero-order valence-electron chi connectivity index (χ0n) is 24.0. The van der Waals surface area contributed by atoms with Crippen LogP contribution in [0.4, 0.5) is 0 Å². The van der Waals surface area contributed by atoms with Crippen molar-refractivity contribution in [2.45, 2.75) is 174 Å². The van der Waals surface area contributed by atoms with Gasteiger partial charge in [0.15, 0.2) is 6.10 Å². The molecule has 0 saturated heterocycles. The van der Waals surface area contributed by atoms with Gasteiger partial charge in [-0.25, -0.2) is 0 Å². The molecule has 1 atom stereocenters. The summed E-state index contributed by atoms with van der Waals surface area (Å²) in [5.41, 5.74) is 0. The van der Waals surface area contributed by atoms with Gasteiger partial charge in [0.1, 0.15) is 6.61 Å². The van der Waals surface area contributed by atoms with E-state index in [1.807, 2.05) is 6.92 Å². The second-order valence-electron chi connectivity index (χ2n) is 10.5. The first-order valence-electron chi connectivity index (χ1n) is 15.6. The predicted octanol–water partition coefficient (Wildman–Crippen LogP) is 8.84. The van der Waals surface area contributed by atoms with Gasteiger partial charge in [-0.05, 0) is 12.8 Å². The molecule has 36 heavy (non-hydrogen) atoms. The third-order valence-corrected chi connectivity index (χ3v) is 6.90. The monoisotopic (exact) mass is 512 g/mol. The molecule has 0 spiro atoms. The molecule has 0 aromatic rings. The maximum absolute atomic E-state index is 11.9. The third-order valence-electron chi connectivity index (χ3n) is 6.90. The van der Waals surface area contributed by atoms with Crippen molar-refractivity contribution in [3.05, 3.63) is 0 Å². The number of unbranched alkanes of at least 4 members (excludes halogenated alkanes) is 20. The van der Waals surface area contributed by atoms with Gasteiger partial charge in [-0.15, -0.1) is 0 Å². The lowest BCUT2D eigenvalue weighted by molar-refractivity contribution is -0.161. The smallest absolute Gasteiger partial charge is 0.306 e. The molecule has 214 valence electrons. The van der Waals surface area contributed by atoms with E-state index in [0.717, 1.165) is 32.1 Å². The van der Waals surface area contributed by atoms with Gasteiger partial charge in [-0.3, -0.25) is 9.59 Å². The lowest BCUT2D eigenvalue weighted by Crippen LogP contribution is -2.28. The van der Waals surface area contributed by atoms with Gasteiger partial charge < -0.3 is 14.6 Å². The number of aliphatic hydroxyl groups excluding tert-OH is 1. The van der Waals surface area contributed by atoms with Crippen LogP contribution in [0.25, 0.3) is 0 Å². The fourth-order valence-electron chi connectivity index (χ4n) is 4.47. The minimum atomic E-state index is -0.756. The molecule has 0 aliphatic carbocycles. The molecule has 5 nitrogen and oxygen atoms in total. The van der Waals surface area contributed by atoms with Crippen LogP contribution in [0.15, 0.2) is 0 Å². The van der Waals surface area contributed by atoms with Gasteiger partial charge in [0.2, 0.25) is 0 Å². The molecule has 0 aliphatic heterocycles. The number of aliphatic hydroxyl groups is 1. The van der Waals surface area contributed by atoms with Crippen molar-refractivity contribution in [1.29, 1.82) is 0 Å². The summed E-state index contributed by atoms with van der Waals surface area (Å²) in [5.74, 6) is -0.624. The van der Waals surface area contributed by atoms with Crippen molar-refractivity contribution < 1.29 is 24.2 Å². The van der Waals surface area contributed by atoms with Crippen molar-refractivity contribution >= 4 is 11.9 Å². The van der Waals surface area contributed by atoms with Gasteiger partial charge in [-0.2, -0.15) is 0 Å². The highest BCUT2D eigenvalue weighted by Gasteiger charge is 2.15. The summed E-state index contributed by atoms with van der Waals surface area (Å²) in [5, 5.41) is 9.34. The minimum Gasteiger partial charge on any atom is -0.462 e. The maximum Gasteiger partial charge on any atom is 0.306 e. The highest BCUT2D eigenvalue weighted by Crippen LogP contribution is 2.15. The summed E-state index contributed by atoms with van der Waals surface area (Å²) in [6, 6.07) is 0. The molecule has 0 heterocycles. The minimum absolute atomic E-state index is 0.0654. The molecule has 5 heteroatoms. The van der Waals surface area contributed by atoms with Crippen molar-refractivity contribution in [3.8, 4) is 0 Å². The standard InChI is InChI=1S/C31H60O5/c1-3-5-7-8-9-10-11-12-13-14-15-16-17-18-19-20-21-22-23-24-26-31(34)36-29(27-32)28-35-30(33)25-6-4-2/h29,32H,3-28H2,1-2H3. The molecule has 0 radical (unpaired) electrons. The van der Waals surface area contributed by atoms with E-state index < -0.39 is 6.10 Å². The highest BCUT2D eigenvalue weighted by atomic mass is 16.6. The summed E-state index contributed by atoms with van der Waals surface area (Å²) in [7, 11) is 0. The van der Waals surface area contributed by atoms with Gasteiger partial charge in [0.05, 0.1) is 6.61 Å². The van der Waals surface area contributed by atoms with E-state index >= 15 is 0 Å². The molecule has 0 saturated carbocycles. The van der Waals surface area contributed by atoms with E-state index in [9.17, 15) is 14.7 Å². The molecule has 0 fully saturated rings. The van der Waals surface area contributed by atoms with E-state index in [-0.39, 0.29) is 25.2 Å². The Morgan fingerprint density at radius 3 is 1.28 bits per heavy atom. The second-order valence-corrected chi connectivity index (χ2v) is 10.5. The summed E-state index contributed by atoms with van der Waals surface area (Å²) in [4.78, 5) is 23.5. The molecule has 1 unspecified atom stereocenters. The van der Waals surface area contributed by atoms with Crippen LogP contribution < -0.4 is 0 Å². The van der Waals surface area contributed by atoms with E-state index in [1.165, 1.54) is 109 Å². The lowest BCUT2D eigenvalue weighted by Gasteiger charge is -2.15. The lowest BCUT2D eigenvalue weighted by atomic mass is 10.0. The van der Waals surface area contributed by atoms with Crippen molar-refractivity contribution in [1.82, 2.24) is 0 Å². The average Bonchev–Trinajstić information content (AvgIpc) is 2.88. The molecular weight excluding hydrogens is 452 g/mol. The Bertz CT molecular complexity index is 480. The van der Waals surface area contributed by atoms with E-state index in [0.29, 0.717) is 12.8 Å². The fourth-order valence-corrected chi connectivity index (χ4v) is 4.47. The topological polar surface area (TPSA) is 72.8 Å². The van der Waals surface area contributed by atoms with Crippen LogP contribution in [0.2, 0.25) is 0 Å². The fraction of sp³-hybridized carbons (Fsp3) is 0.935. The maximum atomic E-state index is 11.9. The average molecular weight is 513 g/mol. The Hall–Kier alpha value is -1.10. The first-order valence-corrected chi connectivity index (χ1v) is 15.6. The Balaban J connectivity index is 3.36. The Morgan fingerprint density at radius 1 is 0.528 bits per heavy atom. The predicted molar refractivity (Wildman–Crippen MR) is 150 cm³/mol. The number of ether oxygens (including phenoxy) is 2. The number of carbonyl (C=O) groups is 2. The van der Waals surface area contributed by atoms with Crippen LogP contribution in [0.1, 0.15) is 168 Å². The molecular formula is C31H60O5. The van der Waals surface area contributed by atoms with Crippen molar-refractivity contribution in [3.63, 3.8) is 0 Å². The number of rotatable bonds is 28. The van der Waals surface area contributed by atoms with Crippen LogP contribution in [0.3, 0.4) is 0 Å². The largest absolute Gasteiger partial charge is 0.462 e. The van der Waals surface area contributed by atoms with E-state index in [1.54, 1.807) is 0 Å². The van der Waals surface area contributed by atoms with Crippen molar-refractivity contribution in [2.75, 3.05) is 13.2 Å². The third kappa shape index (κ3) is 26.0. The second kappa shape index (κ2) is 28.5. The van der Waals surface area contributed by atoms with Gasteiger partial charge in [0.25, 0.3) is 0 Å². The Labute approximate surface area is 223 Å². The summed E-state index contributed by atoms with van der Waals surface area (Å²) < 4.78 is 10.3. The van der Waals surface area contributed by atoms with E-state index in [2.05, 4.69) is 6.92 Å².